The molecule has 0 aliphatic rings. The van der Waals surface area contributed by atoms with Crippen molar-refractivity contribution in [1.82, 2.24) is 4.31 Å². The molecule has 1 amide bonds. The van der Waals surface area contributed by atoms with E-state index in [-0.39, 0.29) is 11.4 Å². The summed E-state index contributed by atoms with van der Waals surface area (Å²) < 4.78 is 66.3. The van der Waals surface area contributed by atoms with Crippen molar-refractivity contribution in [3.63, 3.8) is 0 Å². The number of benzene rings is 3. The van der Waals surface area contributed by atoms with Gasteiger partial charge in [0.1, 0.15) is 0 Å². The Labute approximate surface area is 184 Å². The predicted octanol–water partition coefficient (Wildman–Crippen LogP) is 5.02. The summed E-state index contributed by atoms with van der Waals surface area (Å²) in [6.07, 6.45) is -4.65. The lowest BCUT2D eigenvalue weighted by Crippen LogP contribution is -2.38. The highest BCUT2D eigenvalue weighted by atomic mass is 32.2. The van der Waals surface area contributed by atoms with Gasteiger partial charge < -0.3 is 5.32 Å². The number of likely N-dealkylation sites (N-methyl/N-ethyl adjacent to an activating group) is 1. The summed E-state index contributed by atoms with van der Waals surface area (Å²) in [5.41, 5.74) is 0.321. The van der Waals surface area contributed by atoms with Crippen LogP contribution in [0.1, 0.15) is 12.5 Å². The molecule has 0 unspecified atom stereocenters. The molecule has 0 aliphatic heterocycles. The molecule has 3 aromatic carbocycles. The first-order chi connectivity index (χ1) is 15.1. The van der Waals surface area contributed by atoms with Crippen molar-refractivity contribution >= 4 is 21.6 Å². The summed E-state index contributed by atoms with van der Waals surface area (Å²) in [6.45, 7) is 0.898. The van der Waals surface area contributed by atoms with Gasteiger partial charge in [-0.2, -0.15) is 17.5 Å². The molecule has 0 fully saturated rings. The number of amides is 1. The molecule has 3 rings (SSSR count). The van der Waals surface area contributed by atoms with E-state index in [0.29, 0.717) is 0 Å². The predicted molar refractivity (Wildman–Crippen MR) is 116 cm³/mol. The van der Waals surface area contributed by atoms with Crippen molar-refractivity contribution < 1.29 is 26.4 Å². The second kappa shape index (κ2) is 9.54. The fourth-order valence-electron chi connectivity index (χ4n) is 3.15. The first-order valence-corrected chi connectivity index (χ1v) is 11.2. The van der Waals surface area contributed by atoms with E-state index in [2.05, 4.69) is 5.32 Å². The smallest absolute Gasteiger partial charge is 0.324 e. The van der Waals surface area contributed by atoms with Gasteiger partial charge in [-0.25, -0.2) is 8.42 Å². The molecule has 0 aliphatic carbocycles. The van der Waals surface area contributed by atoms with E-state index in [9.17, 15) is 26.4 Å². The van der Waals surface area contributed by atoms with Gasteiger partial charge in [0.25, 0.3) is 0 Å². The number of hydrogen-bond acceptors (Lipinski definition) is 3. The first-order valence-electron chi connectivity index (χ1n) is 9.74. The van der Waals surface area contributed by atoms with Crippen molar-refractivity contribution in [2.45, 2.75) is 18.0 Å². The van der Waals surface area contributed by atoms with E-state index >= 15 is 0 Å². The summed E-state index contributed by atoms with van der Waals surface area (Å²) in [4.78, 5) is 12.4. The fraction of sp³-hybridized carbons (Fsp3) is 0.174. The molecule has 0 bridgehead atoms. The molecule has 5 nitrogen and oxygen atoms in total. The number of carbonyl (C=O) groups excluding carboxylic acids is 1. The van der Waals surface area contributed by atoms with Crippen LogP contribution >= 0.6 is 0 Å². The number of carbonyl (C=O) groups is 1. The van der Waals surface area contributed by atoms with Gasteiger partial charge in [0, 0.05) is 6.54 Å². The van der Waals surface area contributed by atoms with Crippen molar-refractivity contribution in [2.24, 2.45) is 0 Å². The zero-order chi connectivity index (χ0) is 23.4. The summed E-state index contributed by atoms with van der Waals surface area (Å²) in [5.74, 6) is -0.868. The van der Waals surface area contributed by atoms with E-state index in [1.165, 1.54) is 24.3 Å². The van der Waals surface area contributed by atoms with E-state index in [1.807, 2.05) is 30.3 Å². The zero-order valence-corrected chi connectivity index (χ0v) is 18.0. The maximum atomic E-state index is 13.1. The molecular formula is C23H21F3N2O3S. The Hall–Kier alpha value is -3.17. The average molecular weight is 462 g/mol. The lowest BCUT2D eigenvalue weighted by molar-refractivity contribution is -0.137. The van der Waals surface area contributed by atoms with Crippen LogP contribution < -0.4 is 5.32 Å². The number of anilines is 1. The largest absolute Gasteiger partial charge is 0.418 e. The van der Waals surface area contributed by atoms with Crippen LogP contribution in [-0.2, 0) is 21.0 Å². The van der Waals surface area contributed by atoms with Crippen molar-refractivity contribution in [1.29, 1.82) is 0 Å². The van der Waals surface area contributed by atoms with Gasteiger partial charge in [-0.15, -0.1) is 0 Å². The van der Waals surface area contributed by atoms with Crippen LogP contribution in [0.2, 0.25) is 0 Å². The molecule has 0 saturated carbocycles. The van der Waals surface area contributed by atoms with E-state index < -0.39 is 39.9 Å². The third-order valence-corrected chi connectivity index (χ3v) is 6.71. The second-order valence-corrected chi connectivity index (χ2v) is 8.85. The van der Waals surface area contributed by atoms with Gasteiger partial charge in [-0.3, -0.25) is 4.79 Å². The molecule has 0 heterocycles. The Morgan fingerprint density at radius 2 is 1.44 bits per heavy atom. The molecule has 0 radical (unpaired) electrons. The highest BCUT2D eigenvalue weighted by molar-refractivity contribution is 7.89. The number of nitrogens with one attached hydrogen (secondary N) is 1. The molecule has 0 atom stereocenters. The lowest BCUT2D eigenvalue weighted by atomic mass is 10.1. The fourth-order valence-corrected chi connectivity index (χ4v) is 4.56. The number of sulfonamides is 1. The van der Waals surface area contributed by atoms with Crippen molar-refractivity contribution in [3.05, 3.63) is 84.4 Å². The number of para-hydroxylation sites is 1. The Morgan fingerprint density at radius 1 is 0.875 bits per heavy atom. The maximum absolute atomic E-state index is 13.1. The second-order valence-electron chi connectivity index (χ2n) is 6.91. The molecule has 9 heteroatoms. The molecule has 0 saturated heterocycles. The van der Waals surface area contributed by atoms with Gasteiger partial charge in [0.2, 0.25) is 15.9 Å². The molecule has 0 aromatic heterocycles. The summed E-state index contributed by atoms with van der Waals surface area (Å²) in [7, 11) is -4.03. The molecule has 1 N–H and O–H groups in total. The van der Waals surface area contributed by atoms with E-state index in [0.717, 1.165) is 27.6 Å². The van der Waals surface area contributed by atoms with Crippen LogP contribution in [0.5, 0.6) is 0 Å². The topological polar surface area (TPSA) is 66.5 Å². The third kappa shape index (κ3) is 5.35. The zero-order valence-electron chi connectivity index (χ0n) is 17.1. The molecule has 0 spiro atoms. The number of hydrogen-bond donors (Lipinski definition) is 1. The number of nitrogens with zero attached hydrogens (tertiary/aromatic N) is 1. The van der Waals surface area contributed by atoms with Gasteiger partial charge in [0.05, 0.1) is 22.7 Å². The van der Waals surface area contributed by atoms with Crippen molar-refractivity contribution in [3.8, 4) is 11.1 Å². The summed E-state index contributed by atoms with van der Waals surface area (Å²) in [6, 6.07) is 20.1. The first kappa shape index (κ1) is 23.5. The summed E-state index contributed by atoms with van der Waals surface area (Å²) >= 11 is 0. The number of halogens is 3. The highest BCUT2D eigenvalue weighted by Crippen LogP contribution is 2.34. The van der Waals surface area contributed by atoms with Crippen LogP contribution in [0.15, 0.2) is 83.8 Å². The third-order valence-electron chi connectivity index (χ3n) is 4.78. The van der Waals surface area contributed by atoms with Crippen LogP contribution in [0.25, 0.3) is 11.1 Å². The Balaban J connectivity index is 1.77. The van der Waals surface area contributed by atoms with Gasteiger partial charge >= 0.3 is 6.18 Å². The van der Waals surface area contributed by atoms with E-state index in [4.69, 9.17) is 0 Å². The minimum Gasteiger partial charge on any atom is -0.324 e. The molecule has 3 aromatic rings. The Bertz CT molecular complexity index is 1180. The molecule has 32 heavy (non-hydrogen) atoms. The highest BCUT2D eigenvalue weighted by Gasteiger charge is 2.34. The Morgan fingerprint density at radius 3 is 2.03 bits per heavy atom. The van der Waals surface area contributed by atoms with Crippen LogP contribution in [0, 0.1) is 0 Å². The lowest BCUT2D eigenvalue weighted by Gasteiger charge is -2.21. The van der Waals surface area contributed by atoms with Gasteiger partial charge in [-0.1, -0.05) is 61.5 Å². The number of alkyl halides is 3. The monoisotopic (exact) mass is 462 g/mol. The molecular weight excluding hydrogens is 441 g/mol. The minimum atomic E-state index is -4.65. The van der Waals surface area contributed by atoms with Gasteiger partial charge in [-0.05, 0) is 35.4 Å². The van der Waals surface area contributed by atoms with Crippen LogP contribution in [0.3, 0.4) is 0 Å². The van der Waals surface area contributed by atoms with Crippen LogP contribution in [0.4, 0.5) is 18.9 Å². The van der Waals surface area contributed by atoms with Gasteiger partial charge in [0.15, 0.2) is 0 Å². The van der Waals surface area contributed by atoms with E-state index in [1.54, 1.807) is 19.1 Å². The quantitative estimate of drug-likeness (QED) is 0.536. The number of rotatable bonds is 7. The molecule has 168 valence electrons. The van der Waals surface area contributed by atoms with Crippen LogP contribution in [-0.4, -0.2) is 31.7 Å². The SMILES string of the molecule is CCN(CC(=O)Nc1ccccc1C(F)(F)F)S(=O)(=O)c1ccc(-c2ccccc2)cc1. The minimum absolute atomic E-state index is 0.0116. The van der Waals surface area contributed by atoms with Crippen molar-refractivity contribution in [2.75, 3.05) is 18.4 Å². The Kier molecular flexibility index (Phi) is 7.00. The standard InChI is InChI=1S/C23H21F3N2O3S/c1-2-28(16-22(29)27-21-11-7-6-10-20(21)23(24,25)26)32(30,31)19-14-12-18(13-15-19)17-8-4-3-5-9-17/h3-15H,2,16H2,1H3,(H,27,29). The maximum Gasteiger partial charge on any atom is 0.418 e. The normalized spacial score (nSPS) is 12.0. The summed E-state index contributed by atoms with van der Waals surface area (Å²) in [5, 5.41) is 2.17. The average Bonchev–Trinajstić information content (AvgIpc) is 2.77.